The van der Waals surface area contributed by atoms with Crippen LogP contribution in [0.4, 0.5) is 5.82 Å². The third-order valence-electron chi connectivity index (χ3n) is 6.08. The largest absolute Gasteiger partial charge is 0.310 e. The Balaban J connectivity index is 1.32. The highest BCUT2D eigenvalue weighted by Crippen LogP contribution is 2.28. The maximum atomic E-state index is 12.9. The Morgan fingerprint density at radius 2 is 1.85 bits per heavy atom. The molecule has 0 atom stereocenters. The van der Waals surface area contributed by atoms with Crippen LogP contribution >= 0.6 is 0 Å². The van der Waals surface area contributed by atoms with E-state index in [2.05, 4.69) is 25.5 Å². The van der Waals surface area contributed by atoms with E-state index in [-0.39, 0.29) is 24.8 Å². The highest BCUT2D eigenvalue weighted by Gasteiger charge is 2.35. The summed E-state index contributed by atoms with van der Waals surface area (Å²) in [6.45, 7) is 5.66. The zero-order valence-electron chi connectivity index (χ0n) is 19.0. The first kappa shape index (κ1) is 22.6. The fourth-order valence-corrected chi connectivity index (χ4v) is 5.88. The number of carbonyl (C=O) groups excluding carboxylic acids is 1. The number of nitrogens with one attached hydrogen (secondary N) is 1. The minimum atomic E-state index is -3.51. The van der Waals surface area contributed by atoms with Gasteiger partial charge in [0.2, 0.25) is 0 Å². The number of anilines is 1. The van der Waals surface area contributed by atoms with Gasteiger partial charge in [0.25, 0.3) is 16.1 Å². The van der Waals surface area contributed by atoms with E-state index in [1.54, 1.807) is 30.7 Å². The summed E-state index contributed by atoms with van der Waals surface area (Å²) < 4.78 is 30.7. The fraction of sp³-hybridized carbons (Fsp3) is 0.409. The van der Waals surface area contributed by atoms with Gasteiger partial charge in [-0.05, 0) is 56.0 Å². The number of hydrogen-bond acceptors (Lipinski definition) is 7. The SMILES string of the molecule is CC(C)n1cnnc1-c1cccc(NC(=O)c2cc3c(cn2)CN(S(=O)(=O)N2CCCC2)C3)n1. The summed E-state index contributed by atoms with van der Waals surface area (Å²) in [5, 5.41) is 10.9. The van der Waals surface area contributed by atoms with Crippen molar-refractivity contribution in [2.75, 3.05) is 18.4 Å². The van der Waals surface area contributed by atoms with Crippen molar-refractivity contribution < 1.29 is 13.2 Å². The van der Waals surface area contributed by atoms with E-state index in [4.69, 9.17) is 0 Å². The molecule has 3 aromatic rings. The predicted octanol–water partition coefficient (Wildman–Crippen LogP) is 2.22. The molecule has 0 saturated carbocycles. The molecule has 11 nitrogen and oxygen atoms in total. The van der Waals surface area contributed by atoms with Gasteiger partial charge >= 0.3 is 0 Å². The summed E-state index contributed by atoms with van der Waals surface area (Å²) in [6.07, 6.45) is 5.00. The molecule has 1 amide bonds. The van der Waals surface area contributed by atoms with E-state index in [1.807, 2.05) is 24.5 Å². The molecule has 0 spiro atoms. The van der Waals surface area contributed by atoms with Crippen LogP contribution in [0.2, 0.25) is 0 Å². The summed E-state index contributed by atoms with van der Waals surface area (Å²) in [4.78, 5) is 21.7. The molecule has 0 radical (unpaired) electrons. The highest BCUT2D eigenvalue weighted by atomic mass is 32.2. The Labute approximate surface area is 198 Å². The summed E-state index contributed by atoms with van der Waals surface area (Å²) in [6, 6.07) is 7.10. The maximum Gasteiger partial charge on any atom is 0.282 e. The predicted molar refractivity (Wildman–Crippen MR) is 125 cm³/mol. The Morgan fingerprint density at radius 1 is 1.09 bits per heavy atom. The van der Waals surface area contributed by atoms with Gasteiger partial charge in [0.05, 0.1) is 0 Å². The number of pyridine rings is 2. The minimum Gasteiger partial charge on any atom is -0.310 e. The smallest absolute Gasteiger partial charge is 0.282 e. The lowest BCUT2D eigenvalue weighted by molar-refractivity contribution is 0.102. The van der Waals surface area contributed by atoms with Gasteiger partial charge in [0.1, 0.15) is 23.5 Å². The third-order valence-corrected chi connectivity index (χ3v) is 8.00. The fourth-order valence-electron chi connectivity index (χ4n) is 4.23. The van der Waals surface area contributed by atoms with Crippen LogP contribution in [0.15, 0.2) is 36.8 Å². The van der Waals surface area contributed by atoms with Gasteiger partial charge in [-0.2, -0.15) is 17.0 Å². The van der Waals surface area contributed by atoms with Crippen molar-refractivity contribution in [2.24, 2.45) is 0 Å². The summed E-state index contributed by atoms with van der Waals surface area (Å²) in [7, 11) is -3.51. The van der Waals surface area contributed by atoms with Crippen LogP contribution < -0.4 is 5.32 Å². The number of fused-ring (bicyclic) bond motifs is 1. The Kier molecular flexibility index (Phi) is 5.88. The molecule has 0 aromatic carbocycles. The lowest BCUT2D eigenvalue weighted by Gasteiger charge is -2.22. The number of aromatic nitrogens is 5. The van der Waals surface area contributed by atoms with Gasteiger partial charge < -0.3 is 9.88 Å². The standard InChI is InChI=1S/C22H26N8O3S/c1-15(2)30-14-24-27-21(30)18-6-5-7-20(25-18)26-22(31)19-10-16-12-29(13-17(16)11-23-19)34(32,33)28-8-3-4-9-28/h5-7,10-11,14-15H,3-4,8-9,12-13H2,1-2H3,(H,25,26,31). The lowest BCUT2D eigenvalue weighted by Crippen LogP contribution is -2.39. The molecule has 0 unspecified atom stereocenters. The number of hydrogen-bond donors (Lipinski definition) is 1. The second-order valence-electron chi connectivity index (χ2n) is 8.74. The molecule has 0 aliphatic carbocycles. The van der Waals surface area contributed by atoms with Crippen LogP contribution in [0.5, 0.6) is 0 Å². The summed E-state index contributed by atoms with van der Waals surface area (Å²) in [5.74, 6) is 0.557. The quantitative estimate of drug-likeness (QED) is 0.571. The van der Waals surface area contributed by atoms with Crippen LogP contribution in [0, 0.1) is 0 Å². The van der Waals surface area contributed by atoms with Crippen molar-refractivity contribution in [3.05, 3.63) is 53.6 Å². The summed E-state index contributed by atoms with van der Waals surface area (Å²) in [5.41, 5.74) is 2.40. The van der Waals surface area contributed by atoms with Crippen LogP contribution in [0.25, 0.3) is 11.5 Å². The Morgan fingerprint density at radius 3 is 2.62 bits per heavy atom. The number of nitrogens with zero attached hydrogens (tertiary/aromatic N) is 7. The molecule has 2 aliphatic heterocycles. The third kappa shape index (κ3) is 4.19. The molecule has 178 valence electrons. The normalized spacial score (nSPS) is 16.8. The van der Waals surface area contributed by atoms with Crippen LogP contribution in [-0.2, 0) is 23.3 Å². The van der Waals surface area contributed by atoms with Crippen LogP contribution in [-0.4, -0.2) is 60.8 Å². The van der Waals surface area contributed by atoms with Crippen molar-refractivity contribution in [2.45, 2.75) is 45.8 Å². The first-order valence-electron chi connectivity index (χ1n) is 11.2. The molecular weight excluding hydrogens is 456 g/mol. The average Bonchev–Trinajstić information content (AvgIpc) is 3.59. The van der Waals surface area contributed by atoms with E-state index < -0.39 is 16.1 Å². The number of carbonyl (C=O) groups is 1. The summed E-state index contributed by atoms with van der Waals surface area (Å²) >= 11 is 0. The molecule has 2 aliphatic rings. The van der Waals surface area contributed by atoms with E-state index >= 15 is 0 Å². The number of amides is 1. The second-order valence-corrected chi connectivity index (χ2v) is 10.7. The lowest BCUT2D eigenvalue weighted by atomic mass is 10.1. The Bertz CT molecular complexity index is 1330. The van der Waals surface area contributed by atoms with Crippen molar-refractivity contribution >= 4 is 21.9 Å². The van der Waals surface area contributed by atoms with Crippen molar-refractivity contribution in [3.63, 3.8) is 0 Å². The van der Waals surface area contributed by atoms with E-state index in [9.17, 15) is 13.2 Å². The van der Waals surface area contributed by atoms with Crippen molar-refractivity contribution in [1.29, 1.82) is 0 Å². The minimum absolute atomic E-state index is 0.162. The molecule has 12 heteroatoms. The van der Waals surface area contributed by atoms with E-state index in [1.165, 1.54) is 8.61 Å². The molecular formula is C22H26N8O3S. The zero-order chi connectivity index (χ0) is 23.9. The topological polar surface area (TPSA) is 126 Å². The monoisotopic (exact) mass is 482 g/mol. The first-order valence-corrected chi connectivity index (χ1v) is 12.6. The molecule has 0 bridgehead atoms. The molecule has 5 rings (SSSR count). The molecule has 1 saturated heterocycles. The highest BCUT2D eigenvalue weighted by molar-refractivity contribution is 7.86. The Hall–Kier alpha value is -3.22. The maximum absolute atomic E-state index is 12.9. The first-order chi connectivity index (χ1) is 16.3. The van der Waals surface area contributed by atoms with E-state index in [0.29, 0.717) is 30.4 Å². The van der Waals surface area contributed by atoms with Gasteiger partial charge in [-0.3, -0.25) is 9.78 Å². The van der Waals surface area contributed by atoms with E-state index in [0.717, 1.165) is 24.0 Å². The molecule has 1 N–H and O–H groups in total. The molecule has 3 aromatic heterocycles. The van der Waals surface area contributed by atoms with Crippen LogP contribution in [0.1, 0.15) is 54.3 Å². The average molecular weight is 483 g/mol. The van der Waals surface area contributed by atoms with Crippen LogP contribution in [0.3, 0.4) is 0 Å². The molecule has 1 fully saturated rings. The van der Waals surface area contributed by atoms with Crippen molar-refractivity contribution in [1.82, 2.24) is 33.3 Å². The van der Waals surface area contributed by atoms with Gasteiger partial charge in [-0.1, -0.05) is 6.07 Å². The molecule has 5 heterocycles. The van der Waals surface area contributed by atoms with Gasteiger partial charge in [0.15, 0.2) is 5.82 Å². The van der Waals surface area contributed by atoms with Gasteiger partial charge in [-0.15, -0.1) is 10.2 Å². The molecule has 34 heavy (non-hydrogen) atoms. The zero-order valence-corrected chi connectivity index (χ0v) is 19.9. The second kappa shape index (κ2) is 8.85. The van der Waals surface area contributed by atoms with Gasteiger partial charge in [0, 0.05) is 38.4 Å². The van der Waals surface area contributed by atoms with Gasteiger partial charge in [-0.25, -0.2) is 4.98 Å². The van der Waals surface area contributed by atoms with Crippen molar-refractivity contribution in [3.8, 4) is 11.5 Å². The number of rotatable bonds is 6.